The first-order chi connectivity index (χ1) is 5.33. The van der Waals surface area contributed by atoms with E-state index in [4.69, 9.17) is 5.26 Å². The van der Waals surface area contributed by atoms with E-state index in [-0.39, 0.29) is 0 Å². The zero-order valence-electron chi connectivity index (χ0n) is 7.40. The zero-order valence-corrected chi connectivity index (χ0v) is 8.30. The maximum absolute atomic E-state index is 9.83. The smallest absolute Gasteiger partial charge is 0.257 e. The third kappa shape index (κ3) is 22.9. The van der Waals surface area contributed by atoms with E-state index in [2.05, 4.69) is 10.8 Å². The van der Waals surface area contributed by atoms with Gasteiger partial charge in [-0.1, -0.05) is 6.58 Å². The first-order valence-corrected chi connectivity index (χ1v) is 4.27. The van der Waals surface area contributed by atoms with E-state index in [1.54, 1.807) is 26.8 Å². The van der Waals surface area contributed by atoms with Crippen molar-refractivity contribution in [1.29, 1.82) is 5.26 Å². The lowest BCUT2D eigenvalue weighted by atomic mass is 10.2. The molecule has 0 atom stereocenters. The number of allylic oxidation sites excluding steroid dienone is 1. The van der Waals surface area contributed by atoms with Crippen LogP contribution >= 0.6 is 0 Å². The molecule has 0 saturated heterocycles. The van der Waals surface area contributed by atoms with E-state index in [1.807, 2.05) is 0 Å². The summed E-state index contributed by atoms with van der Waals surface area (Å²) in [4.78, 5) is 0. The average Bonchev–Trinajstić information content (AvgIpc) is 1.83. The van der Waals surface area contributed by atoms with Crippen LogP contribution in [0.25, 0.3) is 0 Å². The van der Waals surface area contributed by atoms with Gasteiger partial charge in [-0.3, -0.25) is 4.18 Å². The van der Waals surface area contributed by atoms with Gasteiger partial charge >= 0.3 is 0 Å². The van der Waals surface area contributed by atoms with Gasteiger partial charge in [-0.25, -0.2) is 8.42 Å². The van der Waals surface area contributed by atoms with Gasteiger partial charge in [-0.2, -0.15) is 5.26 Å². The molecule has 70 valence electrons. The number of nitriles is 1. The summed E-state index contributed by atoms with van der Waals surface area (Å²) >= 11 is 0. The summed E-state index contributed by atoms with van der Waals surface area (Å²) in [5, 5.41) is 7.51. The molecule has 0 saturated carbocycles. The van der Waals surface area contributed by atoms with Gasteiger partial charge in [-0.05, 0) is 20.8 Å². The Bertz CT molecular complexity index is 224. The van der Waals surface area contributed by atoms with Crippen LogP contribution in [0, 0.1) is 11.3 Å². The minimum Gasteiger partial charge on any atom is -0.266 e. The van der Waals surface area contributed by atoms with Crippen LogP contribution in [-0.4, -0.2) is 14.0 Å². The van der Waals surface area contributed by atoms with E-state index in [1.165, 1.54) is 6.08 Å². The Morgan fingerprint density at radius 1 is 1.50 bits per heavy atom. The third-order valence-corrected chi connectivity index (χ3v) is 1.14. The minimum atomic E-state index is -2.69. The zero-order chi connectivity index (χ0) is 10.2. The van der Waals surface area contributed by atoms with Crippen molar-refractivity contribution in [2.24, 2.45) is 0 Å². The maximum Gasteiger partial charge on any atom is 0.257 e. The van der Waals surface area contributed by atoms with Gasteiger partial charge in [0.25, 0.3) is 11.0 Å². The van der Waals surface area contributed by atoms with Crippen molar-refractivity contribution < 1.29 is 12.6 Å². The van der Waals surface area contributed by atoms with Gasteiger partial charge in [-0.15, -0.1) is 0 Å². The Kier molecular flexibility index (Phi) is 7.80. The molecule has 0 fully saturated rings. The Labute approximate surface area is 74.6 Å². The number of hydrogen-bond donors (Lipinski definition) is 1. The Hall–Kier alpha value is -0.860. The molecule has 0 aliphatic rings. The lowest BCUT2D eigenvalue weighted by Crippen LogP contribution is -2.17. The standard InChI is InChI=1S/C4H10O3S.C3H3N/c1-4(2,3)7-8(5)6;1-2-3-4/h8H,1-3H3;2H,1H2. The molecule has 0 aliphatic carbocycles. The highest BCUT2D eigenvalue weighted by molar-refractivity contribution is 7.67. The molecule has 0 aromatic heterocycles. The van der Waals surface area contributed by atoms with Gasteiger partial charge in [0.05, 0.1) is 11.7 Å². The van der Waals surface area contributed by atoms with E-state index in [0.29, 0.717) is 0 Å². The van der Waals surface area contributed by atoms with Crippen LogP contribution in [0.2, 0.25) is 0 Å². The Balaban J connectivity index is 0. The van der Waals surface area contributed by atoms with E-state index >= 15 is 0 Å². The quantitative estimate of drug-likeness (QED) is 0.496. The van der Waals surface area contributed by atoms with Gasteiger partial charge < -0.3 is 0 Å². The predicted molar refractivity (Wildman–Crippen MR) is 47.0 cm³/mol. The van der Waals surface area contributed by atoms with Crippen molar-refractivity contribution in [2.45, 2.75) is 26.4 Å². The molecule has 0 heterocycles. The molecule has 0 rings (SSSR count). The van der Waals surface area contributed by atoms with E-state index in [0.717, 1.165) is 0 Å². The highest BCUT2D eigenvalue weighted by Gasteiger charge is 2.10. The van der Waals surface area contributed by atoms with Crippen molar-refractivity contribution >= 4 is 11.0 Å². The van der Waals surface area contributed by atoms with Gasteiger partial charge in [0, 0.05) is 6.08 Å². The topological polar surface area (TPSA) is 67.2 Å². The van der Waals surface area contributed by atoms with Crippen LogP contribution in [0.5, 0.6) is 0 Å². The number of hydrogen-bond acceptors (Lipinski definition) is 4. The van der Waals surface area contributed by atoms with Crippen molar-refractivity contribution in [1.82, 2.24) is 0 Å². The van der Waals surface area contributed by atoms with Crippen molar-refractivity contribution in [3.05, 3.63) is 12.7 Å². The molecule has 0 bridgehead atoms. The van der Waals surface area contributed by atoms with Crippen LogP contribution in [0.3, 0.4) is 0 Å². The molecule has 0 N–H and O–H groups in total. The second kappa shape index (κ2) is 6.83. The fraction of sp³-hybridized carbons (Fsp3) is 0.571. The Morgan fingerprint density at radius 2 is 1.83 bits per heavy atom. The summed E-state index contributed by atoms with van der Waals surface area (Å²) in [7, 11) is -2.69. The molecular weight excluding hydrogens is 178 g/mol. The number of nitrogens with zero attached hydrogens (tertiary/aromatic N) is 1. The highest BCUT2D eigenvalue weighted by Crippen LogP contribution is 2.05. The van der Waals surface area contributed by atoms with Crippen LogP contribution in [0.15, 0.2) is 12.7 Å². The van der Waals surface area contributed by atoms with E-state index in [9.17, 15) is 8.42 Å². The van der Waals surface area contributed by atoms with Crippen LogP contribution in [-0.2, 0) is 15.2 Å². The first-order valence-electron chi connectivity index (χ1n) is 3.17. The van der Waals surface area contributed by atoms with Gasteiger partial charge in [0.2, 0.25) is 0 Å². The molecule has 0 radical (unpaired) electrons. The molecule has 0 aromatic carbocycles. The van der Waals surface area contributed by atoms with Gasteiger partial charge in [0.15, 0.2) is 0 Å². The minimum absolute atomic E-state index is 0.574. The highest BCUT2D eigenvalue weighted by atomic mass is 32.2. The summed E-state index contributed by atoms with van der Waals surface area (Å²) in [6.45, 7) is 8.15. The molecule has 5 heteroatoms. The average molecular weight is 191 g/mol. The van der Waals surface area contributed by atoms with E-state index < -0.39 is 16.6 Å². The molecule has 0 amide bonds. The SMILES string of the molecule is C=CC#N.CC(C)(C)O[SH](=O)=O. The van der Waals surface area contributed by atoms with Crippen LogP contribution < -0.4 is 0 Å². The normalized spacial score (nSPS) is 9.58. The van der Waals surface area contributed by atoms with Crippen LogP contribution in [0.1, 0.15) is 20.8 Å². The van der Waals surface area contributed by atoms with Crippen molar-refractivity contribution in [3.8, 4) is 6.07 Å². The molecule has 4 nitrogen and oxygen atoms in total. The molecule has 12 heavy (non-hydrogen) atoms. The summed E-state index contributed by atoms with van der Waals surface area (Å²) in [6.07, 6.45) is 1.18. The maximum atomic E-state index is 9.83. The fourth-order valence-corrected chi connectivity index (χ4v) is 0.671. The summed E-state index contributed by atoms with van der Waals surface area (Å²) in [5.74, 6) is 0. The number of thiol groups is 1. The Morgan fingerprint density at radius 3 is 1.83 bits per heavy atom. The molecular formula is C7H13NO3S. The molecule has 0 aliphatic heterocycles. The molecule has 0 spiro atoms. The van der Waals surface area contributed by atoms with Crippen molar-refractivity contribution in [2.75, 3.05) is 0 Å². The second-order valence-corrected chi connectivity index (χ2v) is 3.39. The van der Waals surface area contributed by atoms with Gasteiger partial charge in [0.1, 0.15) is 0 Å². The fourth-order valence-electron chi connectivity index (χ4n) is 0.224. The first kappa shape index (κ1) is 13.7. The second-order valence-electron chi connectivity index (χ2n) is 2.76. The summed E-state index contributed by atoms with van der Waals surface area (Å²) in [5.41, 5.74) is -0.574. The summed E-state index contributed by atoms with van der Waals surface area (Å²) in [6, 6.07) is 1.69. The summed E-state index contributed by atoms with van der Waals surface area (Å²) < 4.78 is 24.1. The van der Waals surface area contributed by atoms with Crippen molar-refractivity contribution in [3.63, 3.8) is 0 Å². The molecule has 0 aromatic rings. The predicted octanol–water partition coefficient (Wildman–Crippen LogP) is 1.02. The number of rotatable bonds is 1. The lowest BCUT2D eigenvalue weighted by Gasteiger charge is -2.12. The van der Waals surface area contributed by atoms with Crippen LogP contribution in [0.4, 0.5) is 0 Å². The lowest BCUT2D eigenvalue weighted by molar-refractivity contribution is 0.147. The largest absolute Gasteiger partial charge is 0.266 e. The third-order valence-electron chi connectivity index (χ3n) is 0.440. The molecule has 0 unspecified atom stereocenters. The monoisotopic (exact) mass is 191 g/mol.